The standard InChI is InChI=1S/C26H26N6O2/c1-14-2-4-15(5-3-14)20-10-21(31-23-17-8-6-16(7-9-17)22(23)26(33)34)32-25(30-20)19-12-28-24-18(19)11-27-13-29-24/h2-5,10-13,16-17,22-23H,6-9H2,1H3,(H,33,34)(H,27,28,29)(H,30,31,32)/t16?,17?,22-,23-/m1/s1. The second-order valence-electron chi connectivity index (χ2n) is 9.52. The van der Waals surface area contributed by atoms with Crippen LogP contribution in [-0.4, -0.2) is 42.0 Å². The first kappa shape index (κ1) is 20.8. The predicted molar refractivity (Wildman–Crippen MR) is 129 cm³/mol. The molecule has 3 aliphatic rings. The maximum Gasteiger partial charge on any atom is 0.308 e. The van der Waals surface area contributed by atoms with Crippen molar-refractivity contribution < 1.29 is 9.90 Å². The van der Waals surface area contributed by atoms with Gasteiger partial charge in [-0.2, -0.15) is 0 Å². The van der Waals surface area contributed by atoms with E-state index in [0.29, 0.717) is 17.6 Å². The SMILES string of the molecule is Cc1ccc(-c2cc(N[C@@H]3C4CCC(CC4)[C@H]3C(=O)O)nc(-c3c[nH]c4ncncc34)n2)cc1. The average molecular weight is 455 g/mol. The van der Waals surface area contributed by atoms with Crippen molar-refractivity contribution in [2.24, 2.45) is 17.8 Å². The molecule has 8 nitrogen and oxygen atoms in total. The lowest BCUT2D eigenvalue weighted by atomic mass is 9.61. The molecule has 1 aromatic carbocycles. The number of hydrogen-bond acceptors (Lipinski definition) is 6. The fourth-order valence-corrected chi connectivity index (χ4v) is 5.74. The van der Waals surface area contributed by atoms with Crippen LogP contribution in [0.25, 0.3) is 33.7 Å². The van der Waals surface area contributed by atoms with E-state index in [0.717, 1.165) is 53.5 Å². The van der Waals surface area contributed by atoms with Gasteiger partial charge in [0.15, 0.2) is 5.82 Å². The van der Waals surface area contributed by atoms with Crippen LogP contribution in [0.3, 0.4) is 0 Å². The van der Waals surface area contributed by atoms with Crippen LogP contribution in [-0.2, 0) is 4.79 Å². The number of carboxylic acid groups (broad SMARTS) is 1. The zero-order valence-corrected chi connectivity index (χ0v) is 18.9. The topological polar surface area (TPSA) is 117 Å². The van der Waals surface area contributed by atoms with Crippen molar-refractivity contribution in [3.63, 3.8) is 0 Å². The third kappa shape index (κ3) is 3.59. The van der Waals surface area contributed by atoms with Crippen molar-refractivity contribution in [1.82, 2.24) is 24.9 Å². The number of aryl methyl sites for hydroxylation is 1. The first-order chi connectivity index (χ1) is 16.6. The molecular formula is C26H26N6O2. The van der Waals surface area contributed by atoms with Gasteiger partial charge in [-0.25, -0.2) is 19.9 Å². The highest BCUT2D eigenvalue weighted by atomic mass is 16.4. The average Bonchev–Trinajstić information content (AvgIpc) is 3.29. The molecule has 2 bridgehead atoms. The van der Waals surface area contributed by atoms with Gasteiger partial charge in [-0.05, 0) is 44.4 Å². The molecule has 8 heteroatoms. The third-order valence-electron chi connectivity index (χ3n) is 7.49. The lowest BCUT2D eigenvalue weighted by Gasteiger charge is -2.47. The Balaban J connectivity index is 1.45. The maximum atomic E-state index is 12.2. The Kier molecular flexibility index (Phi) is 5.01. The van der Waals surface area contributed by atoms with Crippen LogP contribution in [0.4, 0.5) is 5.82 Å². The number of carbonyl (C=O) groups is 1. The number of carboxylic acids is 1. The number of hydrogen-bond donors (Lipinski definition) is 3. The molecular weight excluding hydrogens is 428 g/mol. The Hall–Kier alpha value is -3.81. The van der Waals surface area contributed by atoms with Crippen LogP contribution < -0.4 is 5.32 Å². The first-order valence-electron chi connectivity index (χ1n) is 11.8. The number of aromatic nitrogens is 5. The van der Waals surface area contributed by atoms with Crippen molar-refractivity contribution in [2.45, 2.75) is 38.6 Å². The first-order valence-corrected chi connectivity index (χ1v) is 11.8. The molecule has 0 amide bonds. The number of anilines is 1. The zero-order valence-electron chi connectivity index (χ0n) is 18.9. The lowest BCUT2D eigenvalue weighted by molar-refractivity contribution is -0.148. The van der Waals surface area contributed by atoms with Gasteiger partial charge in [0, 0.05) is 41.0 Å². The third-order valence-corrected chi connectivity index (χ3v) is 7.49. The highest BCUT2D eigenvalue weighted by Crippen LogP contribution is 2.46. The Morgan fingerprint density at radius 3 is 2.62 bits per heavy atom. The van der Waals surface area contributed by atoms with E-state index >= 15 is 0 Å². The van der Waals surface area contributed by atoms with E-state index in [-0.39, 0.29) is 12.0 Å². The summed E-state index contributed by atoms with van der Waals surface area (Å²) < 4.78 is 0. The van der Waals surface area contributed by atoms with Gasteiger partial charge in [-0.1, -0.05) is 29.8 Å². The number of nitrogens with one attached hydrogen (secondary N) is 2. The molecule has 0 spiro atoms. The molecule has 172 valence electrons. The van der Waals surface area contributed by atoms with Crippen molar-refractivity contribution in [2.75, 3.05) is 5.32 Å². The molecule has 0 saturated heterocycles. The number of aliphatic carboxylic acids is 1. The minimum absolute atomic E-state index is 0.134. The van der Waals surface area contributed by atoms with Gasteiger partial charge in [0.05, 0.1) is 11.6 Å². The largest absolute Gasteiger partial charge is 0.481 e. The molecule has 3 fully saturated rings. The summed E-state index contributed by atoms with van der Waals surface area (Å²) in [6.07, 6.45) is 9.23. The lowest BCUT2D eigenvalue weighted by Crippen LogP contribution is -2.51. The van der Waals surface area contributed by atoms with Crippen molar-refractivity contribution >= 4 is 22.8 Å². The van der Waals surface area contributed by atoms with Gasteiger partial charge in [-0.15, -0.1) is 0 Å². The Labute approximate surface area is 196 Å². The molecule has 3 aliphatic carbocycles. The summed E-state index contributed by atoms with van der Waals surface area (Å²) in [7, 11) is 0. The monoisotopic (exact) mass is 454 g/mol. The van der Waals surface area contributed by atoms with Crippen LogP contribution in [0.15, 0.2) is 49.1 Å². The summed E-state index contributed by atoms with van der Waals surface area (Å²) in [5, 5.41) is 14.4. The summed E-state index contributed by atoms with van der Waals surface area (Å²) in [5.41, 5.74) is 4.47. The molecule has 3 heterocycles. The Bertz CT molecular complexity index is 1360. The van der Waals surface area contributed by atoms with E-state index in [4.69, 9.17) is 9.97 Å². The highest BCUT2D eigenvalue weighted by molar-refractivity contribution is 5.91. The molecule has 4 aromatic rings. The van der Waals surface area contributed by atoms with Crippen LogP contribution in [0.5, 0.6) is 0 Å². The molecule has 3 aromatic heterocycles. The molecule has 2 atom stereocenters. The van der Waals surface area contributed by atoms with Gasteiger partial charge in [-0.3, -0.25) is 4.79 Å². The van der Waals surface area contributed by atoms with Gasteiger partial charge in [0.25, 0.3) is 0 Å². The van der Waals surface area contributed by atoms with E-state index in [1.165, 1.54) is 11.9 Å². The van der Waals surface area contributed by atoms with E-state index in [1.54, 1.807) is 6.20 Å². The smallest absolute Gasteiger partial charge is 0.308 e. The van der Waals surface area contributed by atoms with Crippen molar-refractivity contribution in [3.8, 4) is 22.6 Å². The number of rotatable bonds is 5. The summed E-state index contributed by atoms with van der Waals surface area (Å²) in [6, 6.07) is 10.0. The maximum absolute atomic E-state index is 12.2. The number of H-pyrrole nitrogens is 1. The van der Waals surface area contributed by atoms with E-state index in [1.807, 2.05) is 24.4 Å². The normalized spacial score (nSPS) is 23.8. The van der Waals surface area contributed by atoms with Crippen LogP contribution in [0, 0.1) is 24.7 Å². The minimum atomic E-state index is -0.714. The van der Waals surface area contributed by atoms with Crippen LogP contribution in [0.1, 0.15) is 31.2 Å². The van der Waals surface area contributed by atoms with Gasteiger partial charge in [0.1, 0.15) is 17.8 Å². The Morgan fingerprint density at radius 1 is 1.09 bits per heavy atom. The number of aromatic amines is 1. The van der Waals surface area contributed by atoms with Crippen LogP contribution in [0.2, 0.25) is 0 Å². The number of nitrogens with zero attached hydrogens (tertiary/aromatic N) is 4. The molecule has 3 saturated carbocycles. The summed E-state index contributed by atoms with van der Waals surface area (Å²) >= 11 is 0. The molecule has 3 N–H and O–H groups in total. The zero-order chi connectivity index (χ0) is 23.2. The van der Waals surface area contributed by atoms with Crippen molar-refractivity contribution in [3.05, 3.63) is 54.6 Å². The van der Waals surface area contributed by atoms with E-state index in [2.05, 4.69) is 39.3 Å². The van der Waals surface area contributed by atoms with Gasteiger partial charge >= 0.3 is 5.97 Å². The quantitative estimate of drug-likeness (QED) is 0.400. The second kappa shape index (κ2) is 8.20. The van der Waals surface area contributed by atoms with Gasteiger partial charge in [0.2, 0.25) is 0 Å². The van der Waals surface area contributed by atoms with Crippen molar-refractivity contribution in [1.29, 1.82) is 0 Å². The fraction of sp³-hybridized carbons (Fsp3) is 0.346. The molecule has 34 heavy (non-hydrogen) atoms. The Morgan fingerprint density at radius 2 is 1.85 bits per heavy atom. The predicted octanol–water partition coefficient (Wildman–Crippen LogP) is 4.69. The van der Waals surface area contributed by atoms with E-state index in [9.17, 15) is 9.90 Å². The molecule has 0 aliphatic heterocycles. The number of fused-ring (bicyclic) bond motifs is 4. The summed E-state index contributed by atoms with van der Waals surface area (Å²) in [4.78, 5) is 33.5. The number of benzene rings is 1. The molecule has 0 radical (unpaired) electrons. The summed E-state index contributed by atoms with van der Waals surface area (Å²) in [5.74, 6) is 0.659. The molecule has 0 unspecified atom stereocenters. The van der Waals surface area contributed by atoms with E-state index < -0.39 is 11.9 Å². The van der Waals surface area contributed by atoms with Gasteiger partial charge < -0.3 is 15.4 Å². The second-order valence-corrected chi connectivity index (χ2v) is 9.52. The van der Waals surface area contributed by atoms with Crippen LogP contribution >= 0.6 is 0 Å². The minimum Gasteiger partial charge on any atom is -0.481 e. The molecule has 7 rings (SSSR count). The fourth-order valence-electron chi connectivity index (χ4n) is 5.74. The highest BCUT2D eigenvalue weighted by Gasteiger charge is 2.47. The summed E-state index contributed by atoms with van der Waals surface area (Å²) in [6.45, 7) is 2.05.